The molecule has 0 heterocycles. The average Bonchev–Trinajstić information content (AvgIpc) is 2.26. The number of alkyl halides is 3. The summed E-state index contributed by atoms with van der Waals surface area (Å²) in [5.41, 5.74) is -0.558. The molecular weight excluding hydrogens is 219 g/mol. The van der Waals surface area contributed by atoms with E-state index in [-0.39, 0.29) is 11.1 Å². The highest BCUT2D eigenvalue weighted by atomic mass is 19.4. The molecule has 0 saturated carbocycles. The van der Waals surface area contributed by atoms with Gasteiger partial charge in [0, 0.05) is 0 Å². The van der Waals surface area contributed by atoms with Crippen molar-refractivity contribution in [2.75, 3.05) is 0 Å². The van der Waals surface area contributed by atoms with E-state index in [0.717, 1.165) is 12.1 Å². The molecule has 0 amide bonds. The fourth-order valence-electron chi connectivity index (χ4n) is 1.32. The van der Waals surface area contributed by atoms with E-state index in [1.807, 2.05) is 0 Å². The highest BCUT2D eigenvalue weighted by Crippen LogP contribution is 2.34. The largest absolute Gasteiger partial charge is 0.416 e. The highest BCUT2D eigenvalue weighted by molar-refractivity contribution is 5.54. The van der Waals surface area contributed by atoms with Crippen molar-refractivity contribution in [3.05, 3.63) is 46.4 Å². The van der Waals surface area contributed by atoms with Gasteiger partial charge in [0.15, 0.2) is 0 Å². The van der Waals surface area contributed by atoms with Crippen molar-refractivity contribution in [1.29, 1.82) is 0 Å². The van der Waals surface area contributed by atoms with Gasteiger partial charge >= 0.3 is 6.18 Å². The lowest BCUT2D eigenvalue weighted by atomic mass is 10.0. The third-order valence-electron chi connectivity index (χ3n) is 2.24. The molecule has 0 aromatic heterocycles. The van der Waals surface area contributed by atoms with Crippen LogP contribution in [0.2, 0.25) is 0 Å². The zero-order chi connectivity index (χ0) is 12.3. The molecule has 0 aliphatic carbocycles. The van der Waals surface area contributed by atoms with Crippen LogP contribution in [0.1, 0.15) is 29.7 Å². The Hall–Kier alpha value is -1.65. The number of halogens is 3. The van der Waals surface area contributed by atoms with Crippen LogP contribution in [0.25, 0.3) is 6.08 Å². The Morgan fingerprint density at radius 3 is 2.50 bits per heavy atom. The van der Waals surface area contributed by atoms with Gasteiger partial charge < -0.3 is 0 Å². The van der Waals surface area contributed by atoms with Crippen LogP contribution in [0.5, 0.6) is 0 Å². The van der Waals surface area contributed by atoms with E-state index in [0.29, 0.717) is 0 Å². The van der Waals surface area contributed by atoms with E-state index >= 15 is 0 Å². The van der Waals surface area contributed by atoms with Crippen molar-refractivity contribution >= 4 is 6.08 Å². The Bertz CT molecular complexity index is 412. The number of benzene rings is 1. The lowest BCUT2D eigenvalue weighted by Gasteiger charge is -2.13. The molecule has 0 aliphatic rings. The van der Waals surface area contributed by atoms with Crippen molar-refractivity contribution < 1.29 is 13.2 Å². The van der Waals surface area contributed by atoms with Gasteiger partial charge in [0.2, 0.25) is 0 Å². The topological polar surface area (TPSA) is 29.4 Å². The molecule has 1 aromatic carbocycles. The fourth-order valence-corrected chi connectivity index (χ4v) is 1.32. The van der Waals surface area contributed by atoms with E-state index in [1.165, 1.54) is 19.1 Å². The molecule has 5 heteroatoms. The number of hydrogen-bond acceptors (Lipinski definition) is 2. The lowest BCUT2D eigenvalue weighted by molar-refractivity contribution is -0.137. The summed E-state index contributed by atoms with van der Waals surface area (Å²) in [5.74, 6) is 0. The van der Waals surface area contributed by atoms with Gasteiger partial charge in [0.1, 0.15) is 6.04 Å². The Morgan fingerprint density at radius 2 is 2.06 bits per heavy atom. The number of rotatable bonds is 3. The minimum atomic E-state index is -4.46. The van der Waals surface area contributed by atoms with Gasteiger partial charge in [-0.25, -0.2) is 0 Å². The molecule has 1 rings (SSSR count). The van der Waals surface area contributed by atoms with Gasteiger partial charge in [-0.1, -0.05) is 30.0 Å². The second kappa shape index (κ2) is 4.47. The van der Waals surface area contributed by atoms with Crippen LogP contribution < -0.4 is 0 Å². The summed E-state index contributed by atoms with van der Waals surface area (Å²) in [4.78, 5) is 10.3. The van der Waals surface area contributed by atoms with E-state index in [1.54, 1.807) is 0 Å². The van der Waals surface area contributed by atoms with Crippen molar-refractivity contribution in [2.45, 2.75) is 19.1 Å². The van der Waals surface area contributed by atoms with Gasteiger partial charge in [0.25, 0.3) is 0 Å². The number of nitroso groups, excluding NO2 is 1. The molecule has 86 valence electrons. The molecule has 1 atom stereocenters. The van der Waals surface area contributed by atoms with E-state index < -0.39 is 17.8 Å². The molecule has 0 saturated heterocycles. The Balaban J connectivity index is 3.32. The smallest absolute Gasteiger partial charge is 0.166 e. The minimum Gasteiger partial charge on any atom is -0.166 e. The zero-order valence-corrected chi connectivity index (χ0v) is 8.58. The first-order valence-corrected chi connectivity index (χ1v) is 4.56. The summed E-state index contributed by atoms with van der Waals surface area (Å²) in [6.45, 7) is 4.76. The summed E-state index contributed by atoms with van der Waals surface area (Å²) >= 11 is 0. The predicted octanol–water partition coefficient (Wildman–Crippen LogP) is 4.18. The van der Waals surface area contributed by atoms with Crippen molar-refractivity contribution in [3.63, 3.8) is 0 Å². The maximum Gasteiger partial charge on any atom is 0.416 e. The van der Waals surface area contributed by atoms with Crippen LogP contribution in [-0.4, -0.2) is 0 Å². The molecule has 2 nitrogen and oxygen atoms in total. The van der Waals surface area contributed by atoms with Crippen LogP contribution in [0.3, 0.4) is 0 Å². The molecule has 1 aromatic rings. The second-order valence-corrected chi connectivity index (χ2v) is 3.33. The molecule has 0 bridgehead atoms. The van der Waals surface area contributed by atoms with E-state index in [9.17, 15) is 18.1 Å². The Labute approximate surface area is 90.8 Å². The van der Waals surface area contributed by atoms with Gasteiger partial charge in [0.05, 0.1) is 5.56 Å². The van der Waals surface area contributed by atoms with Crippen LogP contribution >= 0.6 is 0 Å². The van der Waals surface area contributed by atoms with Crippen LogP contribution in [-0.2, 0) is 6.18 Å². The lowest BCUT2D eigenvalue weighted by Crippen LogP contribution is -2.08. The van der Waals surface area contributed by atoms with Crippen molar-refractivity contribution in [2.24, 2.45) is 5.18 Å². The summed E-state index contributed by atoms with van der Waals surface area (Å²) in [5, 5.41) is 2.69. The van der Waals surface area contributed by atoms with Crippen molar-refractivity contribution in [1.82, 2.24) is 0 Å². The number of nitrogens with zero attached hydrogens (tertiary/aromatic N) is 1. The van der Waals surface area contributed by atoms with Gasteiger partial charge in [-0.3, -0.25) is 0 Å². The summed E-state index contributed by atoms with van der Waals surface area (Å²) in [7, 11) is 0. The zero-order valence-electron chi connectivity index (χ0n) is 8.58. The summed E-state index contributed by atoms with van der Waals surface area (Å²) < 4.78 is 37.9. The fraction of sp³-hybridized carbons (Fsp3) is 0.273. The molecule has 0 aliphatic heterocycles. The monoisotopic (exact) mass is 229 g/mol. The maximum atomic E-state index is 12.6. The van der Waals surface area contributed by atoms with Crippen molar-refractivity contribution in [3.8, 4) is 0 Å². The standard InChI is InChI=1S/C11H10F3NO/c1-3-8-4-5-9(7(2)15-16)6-10(8)11(12,13)14/h3-7H,1H2,2H3. The predicted molar refractivity (Wildman–Crippen MR) is 55.7 cm³/mol. The average molecular weight is 229 g/mol. The highest BCUT2D eigenvalue weighted by Gasteiger charge is 2.33. The molecule has 0 radical (unpaired) electrons. The molecule has 0 N–H and O–H groups in total. The van der Waals surface area contributed by atoms with Gasteiger partial charge in [-0.15, -0.1) is 0 Å². The third kappa shape index (κ3) is 2.48. The molecule has 1 unspecified atom stereocenters. The Morgan fingerprint density at radius 1 is 1.44 bits per heavy atom. The quantitative estimate of drug-likeness (QED) is 0.715. The molecular formula is C11H10F3NO. The number of hydrogen-bond donors (Lipinski definition) is 0. The van der Waals surface area contributed by atoms with Gasteiger partial charge in [-0.2, -0.15) is 18.1 Å². The van der Waals surface area contributed by atoms with Gasteiger partial charge in [-0.05, 0) is 24.1 Å². The van der Waals surface area contributed by atoms with E-state index in [2.05, 4.69) is 11.8 Å². The Kier molecular flexibility index (Phi) is 3.47. The second-order valence-electron chi connectivity index (χ2n) is 3.33. The maximum absolute atomic E-state index is 12.6. The minimum absolute atomic E-state index is 0.00523. The van der Waals surface area contributed by atoms with Crippen LogP contribution in [0.4, 0.5) is 13.2 Å². The third-order valence-corrected chi connectivity index (χ3v) is 2.24. The van der Waals surface area contributed by atoms with E-state index in [4.69, 9.17) is 0 Å². The molecule has 0 spiro atoms. The van der Waals surface area contributed by atoms with Crippen LogP contribution in [0, 0.1) is 4.91 Å². The normalized spacial score (nSPS) is 13.2. The van der Waals surface area contributed by atoms with Crippen LogP contribution in [0.15, 0.2) is 30.0 Å². The SMILES string of the molecule is C=Cc1ccc(C(C)N=O)cc1C(F)(F)F. The first kappa shape index (κ1) is 12.4. The summed E-state index contributed by atoms with van der Waals surface area (Å²) in [6, 6.07) is 2.87. The first-order valence-electron chi connectivity index (χ1n) is 4.56. The first-order chi connectivity index (χ1) is 7.40. The molecule has 0 fully saturated rings. The molecule has 16 heavy (non-hydrogen) atoms. The summed E-state index contributed by atoms with van der Waals surface area (Å²) in [6.07, 6.45) is -3.33.